The number of nitrogens with two attached hydrogens (primary N) is 1. The lowest BCUT2D eigenvalue weighted by atomic mass is 10.0. The number of anilines is 1. The van der Waals surface area contributed by atoms with Gasteiger partial charge in [0.05, 0.1) is 23.8 Å². The van der Waals surface area contributed by atoms with Gasteiger partial charge in [-0.25, -0.2) is 13.1 Å². The normalized spacial score (nSPS) is 22.4. The van der Waals surface area contributed by atoms with Crippen molar-refractivity contribution in [1.82, 2.24) is 4.72 Å². The van der Waals surface area contributed by atoms with Crippen molar-refractivity contribution in [1.29, 1.82) is 0 Å². The van der Waals surface area contributed by atoms with Gasteiger partial charge in [0.2, 0.25) is 10.0 Å². The molecular weight excluding hydrogens is 292 g/mol. The molecule has 0 amide bonds. The Morgan fingerprint density at radius 3 is 2.86 bits per heavy atom. The molecule has 2 rings (SSSR count). The highest BCUT2D eigenvalue weighted by molar-refractivity contribution is 7.89. The lowest BCUT2D eigenvalue weighted by Crippen LogP contribution is -2.32. The maximum Gasteiger partial charge on any atom is 0.240 e. The van der Waals surface area contributed by atoms with Crippen molar-refractivity contribution < 1.29 is 17.9 Å². The highest BCUT2D eigenvalue weighted by Gasteiger charge is 2.28. The molecule has 1 aliphatic heterocycles. The first-order valence-corrected chi connectivity index (χ1v) is 8.51. The van der Waals surface area contributed by atoms with Crippen molar-refractivity contribution in [2.24, 2.45) is 5.92 Å². The van der Waals surface area contributed by atoms with E-state index in [0.717, 1.165) is 12.8 Å². The Labute approximate surface area is 125 Å². The smallest absolute Gasteiger partial charge is 0.240 e. The average molecular weight is 314 g/mol. The third kappa shape index (κ3) is 3.66. The first-order chi connectivity index (χ1) is 9.97. The zero-order valence-electron chi connectivity index (χ0n) is 12.3. The largest absolute Gasteiger partial charge is 0.495 e. The molecule has 1 aliphatic rings. The fourth-order valence-corrected chi connectivity index (χ4v) is 3.69. The molecule has 0 aromatic heterocycles. The highest BCUT2D eigenvalue weighted by Crippen LogP contribution is 2.26. The number of nitrogens with one attached hydrogen (secondary N) is 1. The first kappa shape index (κ1) is 16.1. The maximum absolute atomic E-state index is 12.3. The van der Waals surface area contributed by atoms with Gasteiger partial charge in [-0.3, -0.25) is 0 Å². The number of benzene rings is 1. The summed E-state index contributed by atoms with van der Waals surface area (Å²) in [5, 5.41) is 0. The van der Waals surface area contributed by atoms with Gasteiger partial charge in [-0.15, -0.1) is 0 Å². The van der Waals surface area contributed by atoms with Gasteiger partial charge in [-0.2, -0.15) is 0 Å². The van der Waals surface area contributed by atoms with E-state index in [1.807, 2.05) is 6.92 Å². The van der Waals surface area contributed by atoms with Gasteiger partial charge in [-0.1, -0.05) is 6.92 Å². The van der Waals surface area contributed by atoms with Crippen LogP contribution in [-0.2, 0) is 14.8 Å². The summed E-state index contributed by atoms with van der Waals surface area (Å²) in [5.41, 5.74) is 6.06. The van der Waals surface area contributed by atoms with Crippen LogP contribution < -0.4 is 15.2 Å². The number of ether oxygens (including phenoxy) is 2. The molecule has 1 saturated heterocycles. The van der Waals surface area contributed by atoms with Gasteiger partial charge in [0.1, 0.15) is 5.75 Å². The minimum absolute atomic E-state index is 0.133. The van der Waals surface area contributed by atoms with E-state index in [1.165, 1.54) is 19.2 Å². The summed E-state index contributed by atoms with van der Waals surface area (Å²) in [6.45, 7) is 3.12. The number of methoxy groups -OCH3 is 1. The Morgan fingerprint density at radius 2 is 2.24 bits per heavy atom. The molecule has 7 heteroatoms. The molecule has 2 unspecified atom stereocenters. The predicted molar refractivity (Wildman–Crippen MR) is 80.7 cm³/mol. The second kappa shape index (κ2) is 6.64. The monoisotopic (exact) mass is 314 g/mol. The Bertz CT molecular complexity index is 589. The predicted octanol–water partition coefficient (Wildman–Crippen LogP) is 1.37. The van der Waals surface area contributed by atoms with Gasteiger partial charge in [0, 0.05) is 19.1 Å². The van der Waals surface area contributed by atoms with Crippen LogP contribution in [0.3, 0.4) is 0 Å². The molecule has 2 atom stereocenters. The molecule has 1 aromatic carbocycles. The third-order valence-corrected chi connectivity index (χ3v) is 5.22. The molecule has 6 nitrogen and oxygen atoms in total. The van der Waals surface area contributed by atoms with Crippen LogP contribution in [0.15, 0.2) is 23.1 Å². The molecule has 0 bridgehead atoms. The fraction of sp³-hybridized carbons (Fsp3) is 0.571. The van der Waals surface area contributed by atoms with Gasteiger partial charge in [-0.05, 0) is 31.0 Å². The van der Waals surface area contributed by atoms with Crippen molar-refractivity contribution in [2.75, 3.05) is 26.0 Å². The van der Waals surface area contributed by atoms with Gasteiger partial charge < -0.3 is 15.2 Å². The van der Waals surface area contributed by atoms with E-state index in [4.69, 9.17) is 15.2 Å². The van der Waals surface area contributed by atoms with Crippen molar-refractivity contribution in [3.05, 3.63) is 18.2 Å². The van der Waals surface area contributed by atoms with E-state index in [2.05, 4.69) is 4.72 Å². The first-order valence-electron chi connectivity index (χ1n) is 7.02. The van der Waals surface area contributed by atoms with Gasteiger partial charge in [0.15, 0.2) is 0 Å². The van der Waals surface area contributed by atoms with Crippen LogP contribution in [0.25, 0.3) is 0 Å². The number of nitrogen functional groups attached to an aromatic ring is 1. The van der Waals surface area contributed by atoms with Gasteiger partial charge >= 0.3 is 0 Å². The number of sulfonamides is 1. The summed E-state index contributed by atoms with van der Waals surface area (Å²) in [4.78, 5) is 0.146. The van der Waals surface area contributed by atoms with E-state index in [1.54, 1.807) is 6.07 Å². The van der Waals surface area contributed by atoms with Crippen LogP contribution in [0.5, 0.6) is 5.75 Å². The molecule has 0 spiro atoms. The quantitative estimate of drug-likeness (QED) is 0.774. The number of hydrogen-bond acceptors (Lipinski definition) is 5. The average Bonchev–Trinajstić information content (AvgIpc) is 2.92. The van der Waals surface area contributed by atoms with E-state index in [-0.39, 0.29) is 16.9 Å². The zero-order valence-corrected chi connectivity index (χ0v) is 13.2. The molecule has 0 saturated carbocycles. The maximum atomic E-state index is 12.3. The molecule has 21 heavy (non-hydrogen) atoms. The standard InChI is InChI=1S/C14H22N2O4S/c1-3-13-10(6-7-20-13)9-16-21(17,18)11-4-5-14(19-2)12(15)8-11/h4-5,8,10,13,16H,3,6-7,9,15H2,1-2H3. The van der Waals surface area contributed by atoms with Crippen molar-refractivity contribution in [3.8, 4) is 5.75 Å². The summed E-state index contributed by atoms with van der Waals surface area (Å²) in [6, 6.07) is 4.45. The van der Waals surface area contributed by atoms with Crippen LogP contribution in [0.2, 0.25) is 0 Å². The van der Waals surface area contributed by atoms with Crippen molar-refractivity contribution in [3.63, 3.8) is 0 Å². The number of hydrogen-bond donors (Lipinski definition) is 2. The SMILES string of the molecule is CCC1OCCC1CNS(=O)(=O)c1ccc(OC)c(N)c1. The molecule has 0 radical (unpaired) electrons. The van der Waals surface area contributed by atoms with Crippen molar-refractivity contribution in [2.45, 2.75) is 30.8 Å². The Morgan fingerprint density at radius 1 is 1.48 bits per heavy atom. The van der Waals surface area contributed by atoms with Crippen LogP contribution in [0.4, 0.5) is 5.69 Å². The lowest BCUT2D eigenvalue weighted by Gasteiger charge is -2.17. The Balaban J connectivity index is 2.06. The molecule has 1 fully saturated rings. The second-order valence-electron chi connectivity index (χ2n) is 5.12. The Hall–Kier alpha value is -1.31. The molecule has 3 N–H and O–H groups in total. The molecule has 1 heterocycles. The third-order valence-electron chi connectivity index (χ3n) is 3.80. The summed E-state index contributed by atoms with van der Waals surface area (Å²) in [6.07, 6.45) is 1.90. The summed E-state index contributed by atoms with van der Waals surface area (Å²) in [5.74, 6) is 0.685. The molecule has 118 valence electrons. The van der Waals surface area contributed by atoms with Crippen LogP contribution in [0, 0.1) is 5.92 Å². The van der Waals surface area contributed by atoms with Crippen LogP contribution in [0.1, 0.15) is 19.8 Å². The summed E-state index contributed by atoms with van der Waals surface area (Å²) in [7, 11) is -2.08. The minimum Gasteiger partial charge on any atom is -0.495 e. The van der Waals surface area contributed by atoms with E-state index in [9.17, 15) is 8.42 Å². The van der Waals surface area contributed by atoms with E-state index in [0.29, 0.717) is 24.6 Å². The topological polar surface area (TPSA) is 90.6 Å². The minimum atomic E-state index is -3.57. The Kier molecular flexibility index (Phi) is 5.08. The summed E-state index contributed by atoms with van der Waals surface area (Å²) >= 11 is 0. The molecule has 0 aliphatic carbocycles. The van der Waals surface area contributed by atoms with Crippen LogP contribution >= 0.6 is 0 Å². The van der Waals surface area contributed by atoms with E-state index < -0.39 is 10.0 Å². The fourth-order valence-electron chi connectivity index (χ4n) is 2.56. The highest BCUT2D eigenvalue weighted by atomic mass is 32.2. The van der Waals surface area contributed by atoms with E-state index >= 15 is 0 Å². The van der Waals surface area contributed by atoms with Crippen LogP contribution in [-0.4, -0.2) is 34.8 Å². The van der Waals surface area contributed by atoms with Gasteiger partial charge in [0.25, 0.3) is 0 Å². The zero-order chi connectivity index (χ0) is 15.5. The second-order valence-corrected chi connectivity index (χ2v) is 6.89. The molecule has 1 aromatic rings. The number of rotatable bonds is 6. The summed E-state index contributed by atoms with van der Waals surface area (Å²) < 4.78 is 37.8. The van der Waals surface area contributed by atoms with Crippen molar-refractivity contribution >= 4 is 15.7 Å². The molecular formula is C14H22N2O4S. The lowest BCUT2D eigenvalue weighted by molar-refractivity contribution is 0.0884.